The van der Waals surface area contributed by atoms with Gasteiger partial charge in [-0.2, -0.15) is 0 Å². The fourth-order valence-electron chi connectivity index (χ4n) is 2.77. The molecule has 0 aromatic heterocycles. The second kappa shape index (κ2) is 8.95. The minimum absolute atomic E-state index is 0.0499. The van der Waals surface area contributed by atoms with Crippen LogP contribution in [0.25, 0.3) is 0 Å². The molecule has 0 spiro atoms. The van der Waals surface area contributed by atoms with Gasteiger partial charge in [-0.1, -0.05) is 19.3 Å². The Kier molecular flexibility index (Phi) is 6.95. The molecule has 0 saturated heterocycles. The third kappa shape index (κ3) is 5.15. The molecule has 0 bridgehead atoms. The number of nitro groups is 1. The van der Waals surface area contributed by atoms with Crippen LogP contribution in [0.5, 0.6) is 0 Å². The average molecular weight is 445 g/mol. The van der Waals surface area contributed by atoms with Gasteiger partial charge in [0, 0.05) is 34.7 Å². The number of nitrogens with zero attached hydrogens (tertiary/aromatic N) is 1. The van der Waals surface area contributed by atoms with Gasteiger partial charge in [-0.05, 0) is 41.5 Å². The molecule has 24 heavy (non-hydrogen) atoms. The number of carbonyl (C=O) groups is 2. The van der Waals surface area contributed by atoms with Crippen molar-refractivity contribution in [1.82, 2.24) is 10.6 Å². The van der Waals surface area contributed by atoms with Gasteiger partial charge in [-0.25, -0.2) is 0 Å². The summed E-state index contributed by atoms with van der Waals surface area (Å²) in [6.07, 6.45) is 5.26. The van der Waals surface area contributed by atoms with E-state index in [0.29, 0.717) is 10.1 Å². The minimum Gasteiger partial charge on any atom is -0.354 e. The van der Waals surface area contributed by atoms with E-state index < -0.39 is 4.92 Å². The number of halogens is 1. The van der Waals surface area contributed by atoms with Crippen LogP contribution in [0.2, 0.25) is 0 Å². The standard InChI is InChI=1S/C16H20IN3O4/c17-14-7-6-12(20(23)24)10-13(14)16(22)19-9-8-18-15(21)11-4-2-1-3-5-11/h6-7,10-11H,1-5,8-9H2,(H,18,21)(H,19,22). The fraction of sp³-hybridized carbons (Fsp3) is 0.500. The van der Waals surface area contributed by atoms with E-state index in [1.807, 2.05) is 22.6 Å². The average Bonchev–Trinajstić information content (AvgIpc) is 2.59. The number of non-ortho nitro benzene ring substituents is 1. The quantitative estimate of drug-likeness (QED) is 0.304. The molecule has 2 N–H and O–H groups in total. The van der Waals surface area contributed by atoms with Gasteiger partial charge in [0.25, 0.3) is 11.6 Å². The number of carbonyl (C=O) groups excluding carboxylic acids is 2. The molecule has 0 aliphatic heterocycles. The first-order chi connectivity index (χ1) is 11.5. The number of hydrogen-bond acceptors (Lipinski definition) is 4. The molecule has 1 aromatic carbocycles. The number of nitro benzene ring substituents is 1. The number of rotatable bonds is 6. The van der Waals surface area contributed by atoms with E-state index >= 15 is 0 Å². The lowest BCUT2D eigenvalue weighted by Gasteiger charge is -2.20. The van der Waals surface area contributed by atoms with Crippen molar-refractivity contribution in [2.75, 3.05) is 13.1 Å². The molecule has 7 nitrogen and oxygen atoms in total. The highest BCUT2D eigenvalue weighted by Gasteiger charge is 2.20. The van der Waals surface area contributed by atoms with Crippen molar-refractivity contribution >= 4 is 40.1 Å². The van der Waals surface area contributed by atoms with Crippen molar-refractivity contribution in [1.29, 1.82) is 0 Å². The van der Waals surface area contributed by atoms with Crippen molar-refractivity contribution in [3.05, 3.63) is 37.4 Å². The van der Waals surface area contributed by atoms with Crippen LogP contribution in [0, 0.1) is 19.6 Å². The fourth-order valence-corrected chi connectivity index (χ4v) is 3.35. The van der Waals surface area contributed by atoms with E-state index in [1.165, 1.54) is 18.6 Å². The summed E-state index contributed by atoms with van der Waals surface area (Å²) >= 11 is 1.96. The first-order valence-corrected chi connectivity index (χ1v) is 9.07. The Bertz CT molecular complexity index is 630. The normalized spacial score (nSPS) is 14.9. The van der Waals surface area contributed by atoms with Crippen LogP contribution in [0.4, 0.5) is 5.69 Å². The predicted molar refractivity (Wildman–Crippen MR) is 97.7 cm³/mol. The van der Waals surface area contributed by atoms with Crippen LogP contribution >= 0.6 is 22.6 Å². The summed E-state index contributed by atoms with van der Waals surface area (Å²) < 4.78 is 0.641. The van der Waals surface area contributed by atoms with Gasteiger partial charge in [0.05, 0.1) is 10.5 Å². The predicted octanol–water partition coefficient (Wildman–Crippen LogP) is 2.63. The minimum atomic E-state index is -0.531. The zero-order valence-electron chi connectivity index (χ0n) is 13.2. The maximum Gasteiger partial charge on any atom is 0.270 e. The highest BCUT2D eigenvalue weighted by Crippen LogP contribution is 2.23. The Balaban J connectivity index is 1.80. The Morgan fingerprint density at radius 2 is 1.83 bits per heavy atom. The Morgan fingerprint density at radius 1 is 1.17 bits per heavy atom. The van der Waals surface area contributed by atoms with E-state index in [2.05, 4.69) is 10.6 Å². The zero-order valence-corrected chi connectivity index (χ0v) is 15.4. The van der Waals surface area contributed by atoms with Gasteiger partial charge in [-0.15, -0.1) is 0 Å². The summed E-state index contributed by atoms with van der Waals surface area (Å²) in [5.41, 5.74) is 0.148. The second-order valence-electron chi connectivity index (χ2n) is 5.80. The van der Waals surface area contributed by atoms with Gasteiger partial charge in [0.15, 0.2) is 0 Å². The first-order valence-electron chi connectivity index (χ1n) is 7.99. The topological polar surface area (TPSA) is 101 Å². The van der Waals surface area contributed by atoms with Crippen LogP contribution in [-0.2, 0) is 4.79 Å². The van der Waals surface area contributed by atoms with E-state index in [0.717, 1.165) is 25.7 Å². The highest BCUT2D eigenvalue weighted by molar-refractivity contribution is 14.1. The summed E-state index contributed by atoms with van der Waals surface area (Å²) in [6, 6.07) is 4.17. The van der Waals surface area contributed by atoms with Gasteiger partial charge < -0.3 is 10.6 Å². The van der Waals surface area contributed by atoms with Crippen molar-refractivity contribution in [3.63, 3.8) is 0 Å². The van der Waals surface area contributed by atoms with Crippen molar-refractivity contribution in [2.45, 2.75) is 32.1 Å². The highest BCUT2D eigenvalue weighted by atomic mass is 127. The van der Waals surface area contributed by atoms with E-state index in [4.69, 9.17) is 0 Å². The lowest BCUT2D eigenvalue weighted by atomic mass is 9.89. The van der Waals surface area contributed by atoms with Crippen molar-refractivity contribution in [3.8, 4) is 0 Å². The monoisotopic (exact) mass is 445 g/mol. The molecule has 1 fully saturated rings. The largest absolute Gasteiger partial charge is 0.354 e. The van der Waals surface area contributed by atoms with Crippen LogP contribution in [0.1, 0.15) is 42.5 Å². The molecule has 1 aliphatic rings. The van der Waals surface area contributed by atoms with Crippen LogP contribution in [0.3, 0.4) is 0 Å². The van der Waals surface area contributed by atoms with E-state index in [-0.39, 0.29) is 35.5 Å². The Morgan fingerprint density at radius 3 is 2.50 bits per heavy atom. The number of nitrogens with one attached hydrogen (secondary N) is 2. The smallest absolute Gasteiger partial charge is 0.270 e. The third-order valence-electron chi connectivity index (χ3n) is 4.09. The molecule has 8 heteroatoms. The van der Waals surface area contributed by atoms with Gasteiger partial charge >= 0.3 is 0 Å². The number of amides is 2. The molecule has 1 saturated carbocycles. The number of hydrogen-bond donors (Lipinski definition) is 2. The molecule has 2 amide bonds. The Hall–Kier alpha value is -1.71. The maximum absolute atomic E-state index is 12.1. The van der Waals surface area contributed by atoms with Gasteiger partial charge in [0.1, 0.15) is 0 Å². The molecule has 0 heterocycles. The SMILES string of the molecule is O=C(NCCNC(=O)C1CCCCC1)c1cc([N+](=O)[O-])ccc1I. The molecule has 0 radical (unpaired) electrons. The molecule has 1 aromatic rings. The molecular weight excluding hydrogens is 425 g/mol. The molecule has 130 valence electrons. The molecular formula is C16H20IN3O4. The summed E-state index contributed by atoms with van der Waals surface area (Å²) in [5.74, 6) is -0.240. The molecule has 0 atom stereocenters. The summed E-state index contributed by atoms with van der Waals surface area (Å²) in [7, 11) is 0. The summed E-state index contributed by atoms with van der Waals surface area (Å²) in [4.78, 5) is 34.4. The van der Waals surface area contributed by atoms with E-state index in [1.54, 1.807) is 6.07 Å². The lowest BCUT2D eigenvalue weighted by molar-refractivity contribution is -0.384. The Labute approximate surface area is 153 Å². The van der Waals surface area contributed by atoms with Crippen LogP contribution in [-0.4, -0.2) is 29.8 Å². The molecule has 1 aliphatic carbocycles. The van der Waals surface area contributed by atoms with Crippen LogP contribution < -0.4 is 10.6 Å². The van der Waals surface area contributed by atoms with Gasteiger partial charge in [-0.3, -0.25) is 19.7 Å². The maximum atomic E-state index is 12.1. The third-order valence-corrected chi connectivity index (χ3v) is 5.03. The van der Waals surface area contributed by atoms with Gasteiger partial charge in [0.2, 0.25) is 5.91 Å². The second-order valence-corrected chi connectivity index (χ2v) is 6.97. The van der Waals surface area contributed by atoms with E-state index in [9.17, 15) is 19.7 Å². The first kappa shape index (κ1) is 18.6. The zero-order chi connectivity index (χ0) is 17.5. The molecule has 2 rings (SSSR count). The summed E-state index contributed by atoms with van der Waals surface area (Å²) in [5, 5.41) is 16.3. The van der Waals surface area contributed by atoms with Crippen LogP contribution in [0.15, 0.2) is 18.2 Å². The van der Waals surface area contributed by atoms with Crippen molar-refractivity contribution < 1.29 is 14.5 Å². The summed E-state index contributed by atoms with van der Waals surface area (Å²) in [6.45, 7) is 0.642. The van der Waals surface area contributed by atoms with Crippen molar-refractivity contribution in [2.24, 2.45) is 5.92 Å². The number of benzene rings is 1. The lowest BCUT2D eigenvalue weighted by Crippen LogP contribution is -2.38. The molecule has 0 unspecified atom stereocenters.